The van der Waals surface area contributed by atoms with E-state index in [4.69, 9.17) is 0 Å². The van der Waals surface area contributed by atoms with E-state index in [1.165, 1.54) is 24.4 Å². The van der Waals surface area contributed by atoms with Crippen molar-refractivity contribution in [1.82, 2.24) is 14.5 Å². The number of aromatic nitrogens is 2. The van der Waals surface area contributed by atoms with Crippen LogP contribution in [0, 0.1) is 0 Å². The molecule has 0 fully saturated rings. The summed E-state index contributed by atoms with van der Waals surface area (Å²) >= 11 is 2.32. The number of benzene rings is 1. The topological polar surface area (TPSA) is 121 Å². The van der Waals surface area contributed by atoms with E-state index in [1.54, 1.807) is 0 Å². The molecule has 2 rings (SSSR count). The number of thioether (sulfide) groups is 1. The molecule has 0 spiro atoms. The molecular formula is C18H25N5O4S3. The summed E-state index contributed by atoms with van der Waals surface area (Å²) in [5.74, 6) is -0.538. The van der Waals surface area contributed by atoms with Gasteiger partial charge in [-0.3, -0.25) is 14.9 Å². The van der Waals surface area contributed by atoms with Crippen molar-refractivity contribution >= 4 is 55.8 Å². The molecule has 2 N–H and O–H groups in total. The van der Waals surface area contributed by atoms with E-state index in [-0.39, 0.29) is 23.3 Å². The zero-order valence-electron chi connectivity index (χ0n) is 17.0. The Morgan fingerprint density at radius 3 is 2.47 bits per heavy atom. The minimum atomic E-state index is -3.44. The normalized spacial score (nSPS) is 11.5. The summed E-state index contributed by atoms with van der Waals surface area (Å²) in [6, 6.07) is 7.80. The number of hydrogen-bond acceptors (Lipinski definition) is 8. The van der Waals surface area contributed by atoms with E-state index in [0.29, 0.717) is 4.34 Å². The quantitative estimate of drug-likeness (QED) is 0.381. The van der Waals surface area contributed by atoms with Crippen LogP contribution in [0.5, 0.6) is 0 Å². The Morgan fingerprint density at radius 1 is 1.13 bits per heavy atom. The molecule has 0 aliphatic rings. The Bertz CT molecular complexity index is 960. The number of carbonyl (C=O) groups is 2. The third-order valence-corrected chi connectivity index (χ3v) is 7.20. The van der Waals surface area contributed by atoms with Crippen molar-refractivity contribution in [3.05, 3.63) is 29.8 Å². The lowest BCUT2D eigenvalue weighted by atomic mass is 10.1. The van der Waals surface area contributed by atoms with Crippen LogP contribution in [0.15, 0.2) is 28.6 Å². The first-order chi connectivity index (χ1) is 14.2. The molecule has 0 aliphatic heterocycles. The van der Waals surface area contributed by atoms with Gasteiger partial charge in [-0.1, -0.05) is 48.6 Å². The van der Waals surface area contributed by atoms with Gasteiger partial charge in [0.15, 0.2) is 4.34 Å². The average Bonchev–Trinajstić information content (AvgIpc) is 3.12. The molecule has 1 heterocycles. The zero-order valence-corrected chi connectivity index (χ0v) is 19.5. The fourth-order valence-corrected chi connectivity index (χ4v) is 4.18. The Morgan fingerprint density at radius 2 is 1.83 bits per heavy atom. The van der Waals surface area contributed by atoms with Crippen LogP contribution in [-0.4, -0.2) is 60.3 Å². The van der Waals surface area contributed by atoms with Gasteiger partial charge < -0.3 is 5.32 Å². The molecule has 2 aromatic rings. The maximum Gasteiger partial charge on any atom is 0.241 e. The van der Waals surface area contributed by atoms with Gasteiger partial charge in [-0.15, -0.1) is 10.2 Å². The summed E-state index contributed by atoms with van der Waals surface area (Å²) in [5.41, 5.74) is 1.98. The van der Waals surface area contributed by atoms with Gasteiger partial charge in [0, 0.05) is 12.7 Å². The molecule has 0 atom stereocenters. The maximum atomic E-state index is 12.1. The highest BCUT2D eigenvalue weighted by Crippen LogP contribution is 2.25. The first kappa shape index (κ1) is 24.3. The molecule has 30 heavy (non-hydrogen) atoms. The maximum absolute atomic E-state index is 12.1. The number of nitrogens with zero attached hydrogens (tertiary/aromatic N) is 3. The highest BCUT2D eigenvalue weighted by molar-refractivity contribution is 8.01. The predicted octanol–water partition coefficient (Wildman–Crippen LogP) is 2.44. The summed E-state index contributed by atoms with van der Waals surface area (Å²) < 4.78 is 24.1. The van der Waals surface area contributed by atoms with Crippen LogP contribution < -0.4 is 10.6 Å². The number of hydrogen-bond donors (Lipinski definition) is 2. The van der Waals surface area contributed by atoms with Crippen LogP contribution in [-0.2, 0) is 26.0 Å². The van der Waals surface area contributed by atoms with Crippen LogP contribution in [0.2, 0.25) is 0 Å². The van der Waals surface area contributed by atoms with Crippen molar-refractivity contribution in [2.75, 3.05) is 36.2 Å². The van der Waals surface area contributed by atoms with Gasteiger partial charge in [-0.05, 0) is 30.5 Å². The highest BCUT2D eigenvalue weighted by atomic mass is 32.2. The largest absolute Gasteiger partial charge is 0.325 e. The van der Waals surface area contributed by atoms with Crippen LogP contribution in [0.4, 0.5) is 10.8 Å². The highest BCUT2D eigenvalue weighted by Gasteiger charge is 2.17. The molecule has 0 saturated carbocycles. The van der Waals surface area contributed by atoms with E-state index in [0.717, 1.165) is 46.8 Å². The monoisotopic (exact) mass is 471 g/mol. The molecule has 0 bridgehead atoms. The van der Waals surface area contributed by atoms with Crippen molar-refractivity contribution in [2.24, 2.45) is 0 Å². The summed E-state index contributed by atoms with van der Waals surface area (Å²) in [6.07, 6.45) is 4.33. The minimum absolute atomic E-state index is 0.150. The van der Waals surface area contributed by atoms with E-state index in [2.05, 4.69) is 27.8 Å². The fourth-order valence-electron chi connectivity index (χ4n) is 2.26. The van der Waals surface area contributed by atoms with Crippen LogP contribution in [0.1, 0.15) is 25.3 Å². The summed E-state index contributed by atoms with van der Waals surface area (Å²) in [6.45, 7) is 1.83. The fraction of sp³-hybridized carbons (Fsp3) is 0.444. The van der Waals surface area contributed by atoms with E-state index in [9.17, 15) is 18.0 Å². The average molecular weight is 472 g/mol. The lowest BCUT2D eigenvalue weighted by Gasteiger charge is -2.12. The number of amides is 2. The molecule has 0 radical (unpaired) electrons. The Hall–Kier alpha value is -2.02. The van der Waals surface area contributed by atoms with Crippen molar-refractivity contribution < 1.29 is 18.0 Å². The molecule has 9 nitrogen and oxygen atoms in total. The van der Waals surface area contributed by atoms with E-state index >= 15 is 0 Å². The van der Waals surface area contributed by atoms with E-state index < -0.39 is 15.9 Å². The van der Waals surface area contributed by atoms with Gasteiger partial charge in [0.1, 0.15) is 0 Å². The number of carbonyl (C=O) groups excluding carboxylic acids is 2. The summed E-state index contributed by atoms with van der Waals surface area (Å²) in [4.78, 5) is 24.0. The van der Waals surface area contributed by atoms with Crippen LogP contribution in [0.3, 0.4) is 0 Å². The molecular weight excluding hydrogens is 446 g/mol. The lowest BCUT2D eigenvalue weighted by Crippen LogP contribution is -2.34. The zero-order chi connectivity index (χ0) is 22.1. The van der Waals surface area contributed by atoms with Crippen molar-refractivity contribution in [3.8, 4) is 0 Å². The molecule has 12 heteroatoms. The van der Waals surface area contributed by atoms with Crippen LogP contribution >= 0.6 is 23.1 Å². The first-order valence-corrected chi connectivity index (χ1v) is 12.9. The van der Waals surface area contributed by atoms with Crippen molar-refractivity contribution in [1.29, 1.82) is 0 Å². The second-order valence-electron chi connectivity index (χ2n) is 6.58. The predicted molar refractivity (Wildman–Crippen MR) is 120 cm³/mol. The third kappa shape index (κ3) is 8.38. The number of rotatable bonds is 11. The van der Waals surface area contributed by atoms with E-state index in [1.807, 2.05) is 24.3 Å². The Balaban J connectivity index is 1.78. The van der Waals surface area contributed by atoms with Gasteiger partial charge >= 0.3 is 0 Å². The molecule has 0 unspecified atom stereocenters. The SMILES string of the molecule is CCCCc1ccc(NC(=O)CSc2nnc(NC(=O)CN(C)S(C)(=O)=O)s2)cc1. The first-order valence-electron chi connectivity index (χ1n) is 9.23. The number of nitrogens with one attached hydrogen (secondary N) is 2. The summed E-state index contributed by atoms with van der Waals surface area (Å²) in [7, 11) is -2.13. The summed E-state index contributed by atoms with van der Waals surface area (Å²) in [5, 5.41) is 13.3. The molecule has 0 aliphatic carbocycles. The number of aryl methyl sites for hydroxylation is 1. The minimum Gasteiger partial charge on any atom is -0.325 e. The van der Waals surface area contributed by atoms with Gasteiger partial charge in [0.2, 0.25) is 27.0 Å². The van der Waals surface area contributed by atoms with Gasteiger partial charge in [-0.2, -0.15) is 4.31 Å². The molecule has 1 aromatic carbocycles. The Kier molecular flexibility index (Phi) is 9.21. The number of anilines is 2. The third-order valence-electron chi connectivity index (χ3n) is 3.97. The lowest BCUT2D eigenvalue weighted by molar-refractivity contribution is -0.116. The molecule has 2 amide bonds. The van der Waals surface area contributed by atoms with Gasteiger partial charge in [0.05, 0.1) is 18.6 Å². The standard InChI is InChI=1S/C18H25N5O4S3/c1-4-5-6-13-7-9-14(10-8-13)19-16(25)12-28-18-22-21-17(29-18)20-15(24)11-23(2)30(3,26)27/h7-10H,4-6,11-12H2,1-3H3,(H,19,25)(H,20,21,24). The Labute approximate surface area is 184 Å². The smallest absolute Gasteiger partial charge is 0.241 e. The van der Waals surface area contributed by atoms with Gasteiger partial charge in [-0.25, -0.2) is 8.42 Å². The number of likely N-dealkylation sites (N-methyl/N-ethyl adjacent to an activating group) is 1. The van der Waals surface area contributed by atoms with Crippen LogP contribution in [0.25, 0.3) is 0 Å². The second-order valence-corrected chi connectivity index (χ2v) is 10.9. The number of unbranched alkanes of at least 4 members (excludes halogenated alkanes) is 1. The molecule has 164 valence electrons. The second kappa shape index (κ2) is 11.4. The molecule has 0 saturated heterocycles. The van der Waals surface area contributed by atoms with Crippen molar-refractivity contribution in [3.63, 3.8) is 0 Å². The number of sulfonamides is 1. The molecule has 1 aromatic heterocycles. The van der Waals surface area contributed by atoms with Gasteiger partial charge in [0.25, 0.3) is 0 Å². The van der Waals surface area contributed by atoms with Crippen molar-refractivity contribution in [2.45, 2.75) is 30.5 Å².